The molecule has 0 N–H and O–H groups in total. The van der Waals surface area contributed by atoms with Crippen LogP contribution < -0.4 is 9.64 Å². The van der Waals surface area contributed by atoms with Crippen molar-refractivity contribution in [1.29, 1.82) is 0 Å². The lowest BCUT2D eigenvalue weighted by Gasteiger charge is -2.63. The third-order valence-electron chi connectivity index (χ3n) is 15.2. The molecular weight excluding hydrogens is 679 g/mol. The summed E-state index contributed by atoms with van der Waals surface area (Å²) < 4.78 is 7.16. The number of rotatable bonds is 5. The quantitative estimate of drug-likeness (QED) is 0.175. The summed E-state index contributed by atoms with van der Waals surface area (Å²) in [5.74, 6) is 5.14. The van der Waals surface area contributed by atoms with Gasteiger partial charge in [-0.15, -0.1) is 0 Å². The number of hydrogen-bond donors (Lipinski definition) is 0. The lowest BCUT2D eigenvalue weighted by atomic mass is 9.41. The lowest BCUT2D eigenvalue weighted by molar-refractivity contribution is -0.0452. The molecule has 0 amide bonds. The van der Waals surface area contributed by atoms with Crippen molar-refractivity contribution in [2.75, 3.05) is 4.90 Å². The van der Waals surface area contributed by atoms with E-state index < -0.39 is 0 Å². The highest BCUT2D eigenvalue weighted by Gasteiger charge is 2.61. The van der Waals surface area contributed by atoms with E-state index in [1.54, 1.807) is 0 Å². The van der Waals surface area contributed by atoms with E-state index in [0.29, 0.717) is 11.8 Å². The second-order valence-corrected chi connectivity index (χ2v) is 19.2. The predicted molar refractivity (Wildman–Crippen MR) is 232 cm³/mol. The van der Waals surface area contributed by atoms with Gasteiger partial charge in [0.2, 0.25) is 0 Å². The Labute approximate surface area is 333 Å². The van der Waals surface area contributed by atoms with E-state index in [1.807, 2.05) is 0 Å². The second-order valence-electron chi connectivity index (χ2n) is 19.2. The fourth-order valence-electron chi connectivity index (χ4n) is 12.6. The predicted octanol–water partition coefficient (Wildman–Crippen LogP) is 14.7. The topological polar surface area (TPSA) is 12.5 Å². The van der Waals surface area contributed by atoms with Crippen LogP contribution in [0, 0.1) is 23.7 Å². The first-order valence-corrected chi connectivity index (χ1v) is 21.3. The van der Waals surface area contributed by atoms with Crippen LogP contribution in [0.3, 0.4) is 0 Å². The maximum Gasteiger partial charge on any atom is 0.133 e. The van der Waals surface area contributed by atoms with Crippen LogP contribution in [-0.4, -0.2) is 0 Å². The minimum atomic E-state index is -0.0246. The fourth-order valence-corrected chi connectivity index (χ4v) is 12.6. The number of fused-ring (bicyclic) bond motifs is 3. The molecule has 0 unspecified atom stereocenters. The van der Waals surface area contributed by atoms with Gasteiger partial charge in [0, 0.05) is 39.5 Å². The molecule has 1 heterocycles. The van der Waals surface area contributed by atoms with Crippen LogP contribution in [-0.2, 0) is 16.2 Å². The zero-order valence-electron chi connectivity index (χ0n) is 33.4. The van der Waals surface area contributed by atoms with Gasteiger partial charge in [0.15, 0.2) is 0 Å². The van der Waals surface area contributed by atoms with Gasteiger partial charge in [0.1, 0.15) is 11.5 Å². The highest BCUT2D eigenvalue weighted by atomic mass is 16.5. The van der Waals surface area contributed by atoms with E-state index in [-0.39, 0.29) is 16.2 Å². The molecule has 4 saturated carbocycles. The monoisotopic (exact) mass is 731 g/mol. The van der Waals surface area contributed by atoms with Crippen LogP contribution in [0.25, 0.3) is 22.3 Å². The molecule has 6 aromatic carbocycles. The van der Waals surface area contributed by atoms with Crippen molar-refractivity contribution >= 4 is 17.1 Å². The van der Waals surface area contributed by atoms with E-state index >= 15 is 0 Å². The number of nitrogens with zero attached hydrogens (tertiary/aromatic N) is 1. The van der Waals surface area contributed by atoms with Gasteiger partial charge in [-0.05, 0) is 144 Å². The van der Waals surface area contributed by atoms with E-state index in [9.17, 15) is 0 Å². The molecule has 6 aliphatic rings. The Bertz CT molecular complexity index is 2430. The maximum atomic E-state index is 7.16. The summed E-state index contributed by atoms with van der Waals surface area (Å²) in [7, 11) is 0. The third-order valence-corrected chi connectivity index (χ3v) is 15.2. The van der Waals surface area contributed by atoms with Crippen molar-refractivity contribution in [3.8, 4) is 33.8 Å². The van der Waals surface area contributed by atoms with Crippen molar-refractivity contribution in [3.63, 3.8) is 0 Å². The molecule has 2 nitrogen and oxygen atoms in total. The summed E-state index contributed by atoms with van der Waals surface area (Å²) in [5.41, 5.74) is 14.5. The highest BCUT2D eigenvalue weighted by molar-refractivity contribution is 5.91. The molecule has 4 bridgehead atoms. The summed E-state index contributed by atoms with van der Waals surface area (Å²) in [6.45, 7) is 9.72. The molecule has 1 aliphatic heterocycles. The average Bonchev–Trinajstić information content (AvgIpc) is 3.22. The summed E-state index contributed by atoms with van der Waals surface area (Å²) in [4.78, 5) is 2.53. The summed E-state index contributed by atoms with van der Waals surface area (Å²) in [5, 5.41) is 0. The SMILES string of the molecule is CC1(C)CCC(C)(C)c2cc(N(c3ccc(-c4ccccc4)cc3)c3cc4c(cc3-c3ccccc3)C3(c5ccccc5O4)C4CC5CC(C4)CC3C5)ccc21. The first kappa shape index (κ1) is 34.2. The van der Waals surface area contributed by atoms with Gasteiger partial charge in [-0.3, -0.25) is 0 Å². The van der Waals surface area contributed by atoms with Crippen molar-refractivity contribution in [2.24, 2.45) is 23.7 Å². The van der Waals surface area contributed by atoms with Crippen LogP contribution >= 0.6 is 0 Å². The molecule has 0 radical (unpaired) electrons. The Morgan fingerprint density at radius 2 is 1.04 bits per heavy atom. The largest absolute Gasteiger partial charge is 0.457 e. The molecule has 56 heavy (non-hydrogen) atoms. The first-order valence-electron chi connectivity index (χ1n) is 21.3. The van der Waals surface area contributed by atoms with Crippen molar-refractivity contribution in [1.82, 2.24) is 0 Å². The number of ether oxygens (including phenoxy) is 1. The number of para-hydroxylation sites is 1. The number of benzene rings is 6. The average molecular weight is 732 g/mol. The van der Waals surface area contributed by atoms with Crippen molar-refractivity contribution < 1.29 is 4.74 Å². The Morgan fingerprint density at radius 3 is 1.71 bits per heavy atom. The summed E-state index contributed by atoms with van der Waals surface area (Å²) in [6, 6.07) is 52.6. The Balaban J connectivity index is 1.17. The fraction of sp³-hybridized carbons (Fsp3) is 0.333. The van der Waals surface area contributed by atoms with Gasteiger partial charge in [0.05, 0.1) is 5.69 Å². The highest BCUT2D eigenvalue weighted by Crippen LogP contribution is 2.69. The Morgan fingerprint density at radius 1 is 0.464 bits per heavy atom. The summed E-state index contributed by atoms with van der Waals surface area (Å²) in [6.07, 6.45) is 9.16. The molecule has 0 aromatic heterocycles. The standard InChI is InChI=1S/C54H53NO/c1-52(2)25-26-53(3,4)47-32-43(23-24-45(47)52)55(42-21-19-38(20-22-42)37-13-7-5-8-14-37)49-34-51-48(33-44(49)39-15-9-6-10-16-39)54(46-17-11-12-18-50(46)56-51)40-28-35-27-36(30-40)31-41(54)29-35/h5-24,32-36,40-41H,25-31H2,1-4H3. The van der Waals surface area contributed by atoms with Gasteiger partial charge in [-0.25, -0.2) is 0 Å². The molecule has 0 saturated heterocycles. The van der Waals surface area contributed by atoms with Crippen LogP contribution in [0.15, 0.2) is 140 Å². The van der Waals surface area contributed by atoms with Gasteiger partial charge in [-0.1, -0.05) is 125 Å². The number of anilines is 3. The van der Waals surface area contributed by atoms with Crippen LogP contribution in [0.5, 0.6) is 11.5 Å². The maximum absolute atomic E-state index is 7.16. The van der Waals surface area contributed by atoms with Crippen LogP contribution in [0.1, 0.15) is 94.9 Å². The van der Waals surface area contributed by atoms with E-state index in [4.69, 9.17) is 4.74 Å². The number of hydrogen-bond acceptors (Lipinski definition) is 2. The minimum Gasteiger partial charge on any atom is -0.457 e. The molecule has 4 fully saturated rings. The van der Waals surface area contributed by atoms with Crippen molar-refractivity contribution in [2.45, 2.75) is 88.9 Å². The van der Waals surface area contributed by atoms with Crippen LogP contribution in [0.4, 0.5) is 17.1 Å². The van der Waals surface area contributed by atoms with Crippen molar-refractivity contribution in [3.05, 3.63) is 162 Å². The van der Waals surface area contributed by atoms with E-state index in [1.165, 1.54) is 95.1 Å². The van der Waals surface area contributed by atoms with Gasteiger partial charge < -0.3 is 9.64 Å². The molecule has 6 aromatic rings. The molecular formula is C54H53NO. The Hall–Kier alpha value is -5.08. The van der Waals surface area contributed by atoms with E-state index in [2.05, 4.69) is 172 Å². The van der Waals surface area contributed by atoms with Gasteiger partial charge in [0.25, 0.3) is 0 Å². The van der Waals surface area contributed by atoms with E-state index in [0.717, 1.165) is 34.7 Å². The molecule has 2 heteroatoms. The lowest BCUT2D eigenvalue weighted by Crippen LogP contribution is -2.57. The molecule has 1 spiro atoms. The third kappa shape index (κ3) is 5.13. The molecule has 0 atom stereocenters. The van der Waals surface area contributed by atoms with Gasteiger partial charge >= 0.3 is 0 Å². The second kappa shape index (κ2) is 12.5. The van der Waals surface area contributed by atoms with Gasteiger partial charge in [-0.2, -0.15) is 0 Å². The normalized spacial score (nSPS) is 25.9. The molecule has 5 aliphatic carbocycles. The molecule has 12 rings (SSSR count). The zero-order chi connectivity index (χ0) is 37.8. The summed E-state index contributed by atoms with van der Waals surface area (Å²) >= 11 is 0. The minimum absolute atomic E-state index is 0.0246. The smallest absolute Gasteiger partial charge is 0.133 e. The Kier molecular flexibility index (Phi) is 7.61. The van der Waals surface area contributed by atoms with Crippen LogP contribution in [0.2, 0.25) is 0 Å². The zero-order valence-corrected chi connectivity index (χ0v) is 33.4. The molecule has 280 valence electrons. The first-order chi connectivity index (χ1) is 27.2.